The van der Waals surface area contributed by atoms with Crippen LogP contribution in [0.5, 0.6) is 0 Å². The number of carbonyl (C=O) groups is 1. The molecule has 0 radical (unpaired) electrons. The van der Waals surface area contributed by atoms with Crippen LogP contribution in [0.1, 0.15) is 6.92 Å². The molecule has 0 aliphatic heterocycles. The fourth-order valence-corrected chi connectivity index (χ4v) is 0.252. The summed E-state index contributed by atoms with van der Waals surface area (Å²) in [5.41, 5.74) is 0. The van der Waals surface area contributed by atoms with Crippen LogP contribution in [0.4, 0.5) is 0 Å². The van der Waals surface area contributed by atoms with E-state index in [2.05, 4.69) is 4.84 Å². The first-order valence-corrected chi connectivity index (χ1v) is 2.49. The second-order valence-electron chi connectivity index (χ2n) is 1.13. The van der Waals surface area contributed by atoms with Crippen molar-refractivity contribution >= 4 is 28.6 Å². The molecule has 0 saturated carbocycles. The summed E-state index contributed by atoms with van der Waals surface area (Å²) < 4.78 is 0. The SMILES string of the molecule is C[C@H](NCl)C(=O)Cl. The molecule has 0 amide bonds. The lowest BCUT2D eigenvalue weighted by Crippen LogP contribution is -2.22. The maximum Gasteiger partial charge on any atom is 0.239 e. The summed E-state index contributed by atoms with van der Waals surface area (Å²) in [5, 5.41) is -0.477. The first-order chi connectivity index (χ1) is 3.18. The number of rotatable bonds is 2. The van der Waals surface area contributed by atoms with Gasteiger partial charge >= 0.3 is 0 Å². The Morgan fingerprint density at radius 3 is 2.29 bits per heavy atom. The van der Waals surface area contributed by atoms with Crippen molar-refractivity contribution in [3.05, 3.63) is 0 Å². The van der Waals surface area contributed by atoms with Crippen LogP contribution in [0.3, 0.4) is 0 Å². The summed E-state index contributed by atoms with van der Waals surface area (Å²) in [4.78, 5) is 12.1. The lowest BCUT2D eigenvalue weighted by Gasteiger charge is -1.96. The van der Waals surface area contributed by atoms with Crippen molar-refractivity contribution in [2.75, 3.05) is 0 Å². The minimum absolute atomic E-state index is 0.455. The maximum absolute atomic E-state index is 9.99. The Morgan fingerprint density at radius 2 is 2.29 bits per heavy atom. The summed E-state index contributed by atoms with van der Waals surface area (Å²) in [6, 6.07) is -0.455. The molecule has 0 fully saturated rings. The highest BCUT2D eigenvalue weighted by molar-refractivity contribution is 6.64. The number of hydrogen-bond acceptors (Lipinski definition) is 2. The molecule has 0 aliphatic carbocycles. The van der Waals surface area contributed by atoms with Crippen molar-refractivity contribution in [3.63, 3.8) is 0 Å². The maximum atomic E-state index is 9.99. The van der Waals surface area contributed by atoms with Crippen molar-refractivity contribution in [2.24, 2.45) is 0 Å². The Balaban J connectivity index is 3.34. The van der Waals surface area contributed by atoms with Gasteiger partial charge in [-0.2, -0.15) is 0 Å². The molecule has 0 aliphatic rings. The Bertz CT molecular complexity index is 75.3. The van der Waals surface area contributed by atoms with E-state index in [1.165, 1.54) is 0 Å². The van der Waals surface area contributed by atoms with Crippen molar-refractivity contribution in [1.29, 1.82) is 0 Å². The van der Waals surface area contributed by atoms with Crippen molar-refractivity contribution < 1.29 is 4.79 Å². The fourth-order valence-electron chi connectivity index (χ4n) is 0.0429. The smallest absolute Gasteiger partial charge is 0.239 e. The van der Waals surface area contributed by atoms with Crippen LogP contribution < -0.4 is 4.84 Å². The highest BCUT2D eigenvalue weighted by atomic mass is 35.5. The van der Waals surface area contributed by atoms with Crippen molar-refractivity contribution in [1.82, 2.24) is 4.84 Å². The molecule has 42 valence electrons. The summed E-state index contributed by atoms with van der Waals surface area (Å²) >= 11 is 9.93. The van der Waals surface area contributed by atoms with Gasteiger partial charge < -0.3 is 0 Å². The number of nitrogens with one attached hydrogen (secondary N) is 1. The minimum atomic E-state index is -0.477. The zero-order valence-electron chi connectivity index (χ0n) is 3.74. The predicted octanol–water partition coefficient (Wildman–Crippen LogP) is 0.884. The molecular weight excluding hydrogens is 137 g/mol. The molecule has 2 nitrogen and oxygen atoms in total. The van der Waals surface area contributed by atoms with Gasteiger partial charge in [-0.3, -0.25) is 4.79 Å². The van der Waals surface area contributed by atoms with Gasteiger partial charge in [0.25, 0.3) is 0 Å². The van der Waals surface area contributed by atoms with E-state index in [-0.39, 0.29) is 0 Å². The Hall–Kier alpha value is 0.210. The van der Waals surface area contributed by atoms with Crippen LogP contribution >= 0.6 is 23.4 Å². The van der Waals surface area contributed by atoms with E-state index in [9.17, 15) is 4.79 Å². The quantitative estimate of drug-likeness (QED) is 0.458. The first kappa shape index (κ1) is 7.21. The average molecular weight is 142 g/mol. The van der Waals surface area contributed by atoms with Crippen LogP contribution in [-0.4, -0.2) is 11.3 Å². The largest absolute Gasteiger partial charge is 0.279 e. The van der Waals surface area contributed by atoms with Crippen LogP contribution in [0.15, 0.2) is 0 Å². The van der Waals surface area contributed by atoms with Crippen LogP contribution in [0.2, 0.25) is 0 Å². The molecule has 7 heavy (non-hydrogen) atoms. The van der Waals surface area contributed by atoms with E-state index >= 15 is 0 Å². The van der Waals surface area contributed by atoms with Gasteiger partial charge in [0, 0.05) is 0 Å². The standard InChI is InChI=1S/C3H5Cl2NO/c1-2(6-5)3(4)7/h2,6H,1H3/t2-/m0/s1. The molecule has 1 atom stereocenters. The normalized spacial score (nSPS) is 13.6. The predicted molar refractivity (Wildman–Crippen MR) is 29.3 cm³/mol. The molecule has 0 heterocycles. The highest BCUT2D eigenvalue weighted by Gasteiger charge is 2.04. The molecule has 0 rings (SSSR count). The summed E-state index contributed by atoms with van der Waals surface area (Å²) in [6.07, 6.45) is 0. The van der Waals surface area contributed by atoms with Crippen molar-refractivity contribution in [2.45, 2.75) is 13.0 Å². The van der Waals surface area contributed by atoms with Gasteiger partial charge in [0.1, 0.15) is 0 Å². The molecule has 0 unspecified atom stereocenters. The lowest BCUT2D eigenvalue weighted by molar-refractivity contribution is -0.112. The van der Waals surface area contributed by atoms with E-state index in [1.54, 1.807) is 6.92 Å². The van der Waals surface area contributed by atoms with Crippen molar-refractivity contribution in [3.8, 4) is 0 Å². The van der Waals surface area contributed by atoms with Crippen LogP contribution in [0.25, 0.3) is 0 Å². The van der Waals surface area contributed by atoms with Gasteiger partial charge in [0.15, 0.2) is 0 Å². The van der Waals surface area contributed by atoms with E-state index in [0.29, 0.717) is 0 Å². The topological polar surface area (TPSA) is 29.1 Å². The lowest BCUT2D eigenvalue weighted by atomic mass is 10.4. The Kier molecular flexibility index (Phi) is 3.34. The molecule has 0 spiro atoms. The Labute approximate surface area is 51.9 Å². The van der Waals surface area contributed by atoms with Gasteiger partial charge in [-0.1, -0.05) is 0 Å². The van der Waals surface area contributed by atoms with Gasteiger partial charge in [-0.05, 0) is 30.3 Å². The second kappa shape index (κ2) is 3.24. The van der Waals surface area contributed by atoms with E-state index in [1.807, 2.05) is 0 Å². The van der Waals surface area contributed by atoms with E-state index in [4.69, 9.17) is 23.4 Å². The molecule has 0 aromatic carbocycles. The van der Waals surface area contributed by atoms with E-state index < -0.39 is 11.3 Å². The molecular formula is C3H5Cl2NO. The number of carbonyl (C=O) groups excluding carboxylic acids is 1. The van der Waals surface area contributed by atoms with Gasteiger partial charge in [0.05, 0.1) is 6.04 Å². The zero-order valence-corrected chi connectivity index (χ0v) is 5.25. The summed E-state index contributed by atoms with van der Waals surface area (Å²) in [5.74, 6) is 0. The zero-order chi connectivity index (χ0) is 5.86. The summed E-state index contributed by atoms with van der Waals surface area (Å²) in [6.45, 7) is 1.57. The van der Waals surface area contributed by atoms with Gasteiger partial charge in [-0.25, -0.2) is 4.84 Å². The first-order valence-electron chi connectivity index (χ1n) is 1.74. The average Bonchev–Trinajstić information content (AvgIpc) is 1.65. The van der Waals surface area contributed by atoms with E-state index in [0.717, 1.165) is 0 Å². The van der Waals surface area contributed by atoms with Gasteiger partial charge in [-0.15, -0.1) is 0 Å². The molecule has 0 aromatic heterocycles. The third-order valence-electron chi connectivity index (χ3n) is 0.504. The number of halogens is 2. The minimum Gasteiger partial charge on any atom is -0.279 e. The third kappa shape index (κ3) is 2.85. The second-order valence-corrected chi connectivity index (χ2v) is 1.73. The Morgan fingerprint density at radius 1 is 1.86 bits per heavy atom. The highest BCUT2D eigenvalue weighted by Crippen LogP contribution is 1.88. The van der Waals surface area contributed by atoms with Crippen LogP contribution in [0, 0.1) is 0 Å². The molecule has 0 aromatic rings. The number of hydrogen-bond donors (Lipinski definition) is 1. The fraction of sp³-hybridized carbons (Fsp3) is 0.667. The third-order valence-corrected chi connectivity index (χ3v) is 1.16. The molecule has 4 heteroatoms. The molecule has 0 saturated heterocycles. The molecule has 1 N–H and O–H groups in total. The monoisotopic (exact) mass is 141 g/mol. The molecule has 0 bridgehead atoms. The van der Waals surface area contributed by atoms with Crippen LogP contribution in [-0.2, 0) is 4.79 Å². The van der Waals surface area contributed by atoms with Gasteiger partial charge in [0.2, 0.25) is 5.24 Å². The summed E-state index contributed by atoms with van der Waals surface area (Å²) in [7, 11) is 0.